The fourth-order valence-corrected chi connectivity index (χ4v) is 3.91. The molecule has 3 aromatic carbocycles. The second kappa shape index (κ2) is 6.67. The molecule has 1 saturated heterocycles. The summed E-state index contributed by atoms with van der Waals surface area (Å²) in [7, 11) is 0. The van der Waals surface area contributed by atoms with E-state index in [4.69, 9.17) is 14.9 Å². The van der Waals surface area contributed by atoms with Crippen molar-refractivity contribution in [3.05, 3.63) is 95.6 Å². The fraction of sp³-hybridized carbons (Fsp3) is 0.130. The average Bonchev–Trinajstić information content (AvgIpc) is 3.33. The topological polar surface area (TPSA) is 74.7 Å². The number of guanidine groups is 1. The SMILES string of the molecule is N=C1NC(c2ccccc2)(c2ccccc2)C(=O)N1Cc1ccc2c(c1)OCO2. The average molecular weight is 385 g/mol. The number of carbonyl (C=O) groups is 1. The zero-order valence-electron chi connectivity index (χ0n) is 15.6. The van der Waals surface area contributed by atoms with Crippen molar-refractivity contribution in [1.29, 1.82) is 5.41 Å². The summed E-state index contributed by atoms with van der Waals surface area (Å²) >= 11 is 0. The molecular formula is C23H19N3O3. The van der Waals surface area contributed by atoms with Crippen LogP contribution in [0.5, 0.6) is 11.5 Å². The first-order valence-electron chi connectivity index (χ1n) is 9.37. The third-order valence-electron chi connectivity index (χ3n) is 5.33. The number of fused-ring (bicyclic) bond motifs is 1. The van der Waals surface area contributed by atoms with E-state index in [0.717, 1.165) is 16.7 Å². The van der Waals surface area contributed by atoms with Crippen LogP contribution in [0.4, 0.5) is 0 Å². The molecule has 0 aliphatic carbocycles. The number of nitrogens with zero attached hydrogens (tertiary/aromatic N) is 1. The molecule has 6 nitrogen and oxygen atoms in total. The van der Waals surface area contributed by atoms with Crippen LogP contribution in [-0.2, 0) is 16.9 Å². The summed E-state index contributed by atoms with van der Waals surface area (Å²) in [5, 5.41) is 11.7. The molecule has 5 rings (SSSR count). The molecule has 144 valence electrons. The van der Waals surface area contributed by atoms with Crippen molar-refractivity contribution in [3.63, 3.8) is 0 Å². The van der Waals surface area contributed by atoms with Crippen LogP contribution in [0.2, 0.25) is 0 Å². The lowest BCUT2D eigenvalue weighted by atomic mass is 9.82. The summed E-state index contributed by atoms with van der Waals surface area (Å²) in [4.78, 5) is 15.2. The first kappa shape index (κ1) is 17.3. The van der Waals surface area contributed by atoms with Gasteiger partial charge in [0, 0.05) is 0 Å². The van der Waals surface area contributed by atoms with Crippen molar-refractivity contribution in [2.75, 3.05) is 6.79 Å². The lowest BCUT2D eigenvalue weighted by Gasteiger charge is -2.28. The van der Waals surface area contributed by atoms with Crippen molar-refractivity contribution >= 4 is 11.9 Å². The van der Waals surface area contributed by atoms with E-state index in [9.17, 15) is 4.79 Å². The Labute approximate surface area is 168 Å². The molecule has 2 aliphatic rings. The van der Waals surface area contributed by atoms with Gasteiger partial charge in [-0.25, -0.2) is 0 Å². The van der Waals surface area contributed by atoms with Gasteiger partial charge in [-0.1, -0.05) is 66.7 Å². The van der Waals surface area contributed by atoms with Crippen molar-refractivity contribution < 1.29 is 14.3 Å². The summed E-state index contributed by atoms with van der Waals surface area (Å²) in [6.07, 6.45) is 0. The first-order chi connectivity index (χ1) is 14.2. The number of hydrogen-bond donors (Lipinski definition) is 2. The van der Waals surface area contributed by atoms with Crippen LogP contribution in [0, 0.1) is 5.41 Å². The third-order valence-corrected chi connectivity index (χ3v) is 5.33. The molecule has 3 aromatic rings. The van der Waals surface area contributed by atoms with Gasteiger partial charge in [0.25, 0.3) is 5.91 Å². The highest BCUT2D eigenvalue weighted by atomic mass is 16.7. The van der Waals surface area contributed by atoms with Crippen LogP contribution in [0.1, 0.15) is 16.7 Å². The Morgan fingerprint density at radius 2 is 1.52 bits per heavy atom. The molecule has 0 bridgehead atoms. The number of ether oxygens (including phenoxy) is 2. The summed E-state index contributed by atoms with van der Waals surface area (Å²) in [5.74, 6) is 1.24. The van der Waals surface area contributed by atoms with Crippen molar-refractivity contribution in [2.24, 2.45) is 0 Å². The largest absolute Gasteiger partial charge is 0.454 e. The van der Waals surface area contributed by atoms with Crippen LogP contribution in [0.25, 0.3) is 0 Å². The number of benzene rings is 3. The van der Waals surface area contributed by atoms with Crippen molar-refractivity contribution in [3.8, 4) is 11.5 Å². The highest BCUT2D eigenvalue weighted by Gasteiger charge is 2.52. The molecule has 1 amide bonds. The Morgan fingerprint density at radius 3 is 2.17 bits per heavy atom. The van der Waals surface area contributed by atoms with Gasteiger partial charge in [-0.05, 0) is 28.8 Å². The Kier molecular flexibility index (Phi) is 3.98. The molecule has 0 aromatic heterocycles. The predicted octanol–water partition coefficient (Wildman–Crippen LogP) is 3.23. The van der Waals surface area contributed by atoms with Crippen molar-refractivity contribution in [2.45, 2.75) is 12.1 Å². The highest BCUT2D eigenvalue weighted by Crippen LogP contribution is 2.37. The van der Waals surface area contributed by atoms with E-state index in [1.165, 1.54) is 4.90 Å². The summed E-state index contributed by atoms with van der Waals surface area (Å²) in [6.45, 7) is 0.465. The number of amides is 1. The number of nitrogens with one attached hydrogen (secondary N) is 2. The maximum Gasteiger partial charge on any atom is 0.264 e. The van der Waals surface area contributed by atoms with Gasteiger partial charge in [-0.15, -0.1) is 0 Å². The molecule has 2 aliphatic heterocycles. The fourth-order valence-electron chi connectivity index (χ4n) is 3.91. The molecular weight excluding hydrogens is 366 g/mol. The van der Waals surface area contributed by atoms with Gasteiger partial charge in [0.2, 0.25) is 6.79 Å². The Balaban J connectivity index is 1.55. The predicted molar refractivity (Wildman–Crippen MR) is 108 cm³/mol. The molecule has 0 radical (unpaired) electrons. The monoisotopic (exact) mass is 385 g/mol. The van der Waals surface area contributed by atoms with E-state index in [1.54, 1.807) is 0 Å². The minimum absolute atomic E-state index is 0.0698. The standard InChI is InChI=1S/C23H19N3O3/c24-22-25-23(17-7-3-1-4-8-17,18-9-5-2-6-10-18)21(27)26(22)14-16-11-12-19-20(13-16)29-15-28-19/h1-13H,14-15H2,(H2,24,25). The molecule has 1 fully saturated rings. The van der Waals surface area contributed by atoms with E-state index in [2.05, 4.69) is 5.32 Å². The highest BCUT2D eigenvalue weighted by molar-refractivity contribution is 6.10. The Hall–Kier alpha value is -3.80. The maximum absolute atomic E-state index is 13.7. The maximum atomic E-state index is 13.7. The van der Waals surface area contributed by atoms with Crippen LogP contribution >= 0.6 is 0 Å². The zero-order chi connectivity index (χ0) is 19.8. The van der Waals surface area contributed by atoms with E-state index >= 15 is 0 Å². The Morgan fingerprint density at radius 1 is 0.897 bits per heavy atom. The van der Waals surface area contributed by atoms with Gasteiger partial charge in [0.15, 0.2) is 23.0 Å². The number of hydrogen-bond acceptors (Lipinski definition) is 4. The molecule has 0 spiro atoms. The van der Waals surface area contributed by atoms with Gasteiger partial charge < -0.3 is 14.8 Å². The van der Waals surface area contributed by atoms with Gasteiger partial charge in [-0.2, -0.15) is 0 Å². The van der Waals surface area contributed by atoms with Crippen LogP contribution in [0.15, 0.2) is 78.9 Å². The molecule has 29 heavy (non-hydrogen) atoms. The van der Waals surface area contributed by atoms with E-state index in [-0.39, 0.29) is 25.2 Å². The van der Waals surface area contributed by atoms with Gasteiger partial charge in [0.1, 0.15) is 0 Å². The summed E-state index contributed by atoms with van der Waals surface area (Å²) < 4.78 is 10.8. The molecule has 6 heteroatoms. The van der Waals surface area contributed by atoms with E-state index in [0.29, 0.717) is 11.5 Å². The van der Waals surface area contributed by atoms with Crippen LogP contribution in [0.3, 0.4) is 0 Å². The number of carbonyl (C=O) groups excluding carboxylic acids is 1. The third kappa shape index (κ3) is 2.72. The second-order valence-electron chi connectivity index (χ2n) is 7.03. The molecule has 2 N–H and O–H groups in total. The van der Waals surface area contributed by atoms with Gasteiger partial charge in [-0.3, -0.25) is 15.1 Å². The quantitative estimate of drug-likeness (QED) is 0.723. The lowest BCUT2D eigenvalue weighted by molar-refractivity contribution is -0.130. The van der Waals surface area contributed by atoms with E-state index < -0.39 is 5.54 Å². The normalized spacial score (nSPS) is 16.8. The van der Waals surface area contributed by atoms with Crippen LogP contribution < -0.4 is 14.8 Å². The van der Waals surface area contributed by atoms with Crippen molar-refractivity contribution in [1.82, 2.24) is 10.2 Å². The van der Waals surface area contributed by atoms with E-state index in [1.807, 2.05) is 78.9 Å². The Bertz CT molecular complexity index is 1040. The minimum Gasteiger partial charge on any atom is -0.454 e. The minimum atomic E-state index is -1.13. The molecule has 2 heterocycles. The van der Waals surface area contributed by atoms with Gasteiger partial charge >= 0.3 is 0 Å². The van der Waals surface area contributed by atoms with Gasteiger partial charge in [0.05, 0.1) is 6.54 Å². The van der Waals surface area contributed by atoms with Crippen LogP contribution in [-0.4, -0.2) is 23.6 Å². The first-order valence-corrected chi connectivity index (χ1v) is 9.37. The summed E-state index contributed by atoms with van der Waals surface area (Å²) in [6, 6.07) is 24.7. The zero-order valence-corrected chi connectivity index (χ0v) is 15.6. The molecule has 0 saturated carbocycles. The second-order valence-corrected chi connectivity index (χ2v) is 7.03. The molecule has 0 atom stereocenters. The number of rotatable bonds is 4. The molecule has 0 unspecified atom stereocenters. The summed E-state index contributed by atoms with van der Waals surface area (Å²) in [5.41, 5.74) is 1.34. The smallest absolute Gasteiger partial charge is 0.264 e. The lowest BCUT2D eigenvalue weighted by Crippen LogP contribution is -2.45.